The summed E-state index contributed by atoms with van der Waals surface area (Å²) in [6, 6.07) is 12.0. The zero-order chi connectivity index (χ0) is 15.0. The molecule has 0 saturated heterocycles. The molecule has 0 amide bonds. The summed E-state index contributed by atoms with van der Waals surface area (Å²) >= 11 is 6.34. The second-order valence-corrected chi connectivity index (χ2v) is 5.51. The predicted octanol–water partition coefficient (Wildman–Crippen LogP) is 4.61. The molecule has 0 unspecified atom stereocenters. The van der Waals surface area contributed by atoms with Crippen molar-refractivity contribution < 1.29 is 0 Å². The van der Waals surface area contributed by atoms with Crippen molar-refractivity contribution in [2.75, 3.05) is 12.4 Å². The summed E-state index contributed by atoms with van der Waals surface area (Å²) in [4.78, 5) is 9.30. The first kappa shape index (κ1) is 13.8. The van der Waals surface area contributed by atoms with E-state index in [1.807, 2.05) is 44.3 Å². The third-order valence-electron chi connectivity index (χ3n) is 3.53. The first-order valence-electron chi connectivity index (χ1n) is 6.82. The van der Waals surface area contributed by atoms with Crippen molar-refractivity contribution in [1.29, 1.82) is 0 Å². The lowest BCUT2D eigenvalue weighted by Crippen LogP contribution is -2.00. The molecule has 0 saturated carbocycles. The summed E-state index contributed by atoms with van der Waals surface area (Å²) in [7, 11) is 1.87. The van der Waals surface area contributed by atoms with E-state index >= 15 is 0 Å². The van der Waals surface area contributed by atoms with Crippen molar-refractivity contribution in [2.45, 2.75) is 13.8 Å². The van der Waals surface area contributed by atoms with Gasteiger partial charge in [0.2, 0.25) is 0 Å². The van der Waals surface area contributed by atoms with Crippen LogP contribution >= 0.6 is 11.6 Å². The summed E-state index contributed by atoms with van der Waals surface area (Å²) < 4.78 is 0. The molecule has 0 bridgehead atoms. The van der Waals surface area contributed by atoms with E-state index in [0.717, 1.165) is 33.4 Å². The molecule has 0 fully saturated rings. The molecular formula is C17H16ClN3. The van der Waals surface area contributed by atoms with Crippen LogP contribution in [0.5, 0.6) is 0 Å². The monoisotopic (exact) mass is 297 g/mol. The largest absolute Gasteiger partial charge is 0.373 e. The van der Waals surface area contributed by atoms with E-state index in [-0.39, 0.29) is 0 Å². The fourth-order valence-electron chi connectivity index (χ4n) is 2.46. The number of anilines is 1. The molecule has 1 N–H and O–H groups in total. The average Bonchev–Trinajstić information content (AvgIpc) is 2.46. The maximum absolute atomic E-state index is 6.34. The van der Waals surface area contributed by atoms with Gasteiger partial charge in [0.05, 0.1) is 10.5 Å². The molecular weight excluding hydrogens is 282 g/mol. The molecule has 3 rings (SSSR count). The number of nitrogens with one attached hydrogen (secondary N) is 1. The van der Waals surface area contributed by atoms with Crippen molar-refractivity contribution in [3.63, 3.8) is 0 Å². The summed E-state index contributed by atoms with van der Waals surface area (Å²) in [6.45, 7) is 4.07. The van der Waals surface area contributed by atoms with Gasteiger partial charge >= 0.3 is 0 Å². The zero-order valence-electron chi connectivity index (χ0n) is 12.2. The molecule has 2 aromatic carbocycles. The van der Waals surface area contributed by atoms with E-state index in [1.165, 1.54) is 0 Å². The van der Waals surface area contributed by atoms with Gasteiger partial charge in [-0.15, -0.1) is 0 Å². The van der Waals surface area contributed by atoms with Crippen LogP contribution in [0.15, 0.2) is 36.4 Å². The van der Waals surface area contributed by atoms with E-state index in [0.29, 0.717) is 10.8 Å². The Balaban J connectivity index is 2.29. The van der Waals surface area contributed by atoms with Crippen molar-refractivity contribution in [2.24, 2.45) is 0 Å². The molecule has 3 nitrogen and oxygen atoms in total. The number of rotatable bonds is 2. The SMILES string of the molecule is CNc1nc(-c2ccc(C)cc2Cl)nc2cccc(C)c12. The maximum Gasteiger partial charge on any atom is 0.163 e. The second kappa shape index (κ2) is 5.34. The number of aromatic nitrogens is 2. The van der Waals surface area contributed by atoms with Crippen molar-refractivity contribution in [3.8, 4) is 11.4 Å². The Morgan fingerprint density at radius 3 is 2.57 bits per heavy atom. The van der Waals surface area contributed by atoms with Crippen molar-refractivity contribution >= 4 is 28.3 Å². The van der Waals surface area contributed by atoms with Crippen LogP contribution in [0.1, 0.15) is 11.1 Å². The fourth-order valence-corrected chi connectivity index (χ4v) is 2.78. The molecule has 1 heterocycles. The Bertz CT molecular complexity index is 828. The highest BCUT2D eigenvalue weighted by Crippen LogP contribution is 2.31. The van der Waals surface area contributed by atoms with Gasteiger partial charge in [0.25, 0.3) is 0 Å². The first-order chi connectivity index (χ1) is 10.1. The summed E-state index contributed by atoms with van der Waals surface area (Å²) in [5.74, 6) is 1.46. The third-order valence-corrected chi connectivity index (χ3v) is 3.85. The van der Waals surface area contributed by atoms with Gasteiger partial charge in [-0.3, -0.25) is 0 Å². The number of aryl methyl sites for hydroxylation is 2. The van der Waals surface area contributed by atoms with Gasteiger partial charge in [-0.1, -0.05) is 29.8 Å². The van der Waals surface area contributed by atoms with Crippen LogP contribution in [0, 0.1) is 13.8 Å². The molecule has 0 radical (unpaired) electrons. The molecule has 3 aromatic rings. The lowest BCUT2D eigenvalue weighted by atomic mass is 10.1. The van der Waals surface area contributed by atoms with Crippen molar-refractivity contribution in [1.82, 2.24) is 9.97 Å². The minimum Gasteiger partial charge on any atom is -0.373 e. The Labute approximate surface area is 129 Å². The zero-order valence-corrected chi connectivity index (χ0v) is 13.0. The van der Waals surface area contributed by atoms with Gasteiger partial charge in [0.15, 0.2) is 5.82 Å². The summed E-state index contributed by atoms with van der Waals surface area (Å²) in [5, 5.41) is 4.88. The predicted molar refractivity (Wildman–Crippen MR) is 89.0 cm³/mol. The maximum atomic E-state index is 6.34. The molecule has 0 spiro atoms. The minimum atomic E-state index is 0.641. The molecule has 1 aromatic heterocycles. The van der Waals surface area contributed by atoms with Gasteiger partial charge in [0, 0.05) is 18.0 Å². The Kier molecular flexibility index (Phi) is 3.52. The van der Waals surface area contributed by atoms with Gasteiger partial charge in [-0.25, -0.2) is 9.97 Å². The lowest BCUT2D eigenvalue weighted by molar-refractivity contribution is 1.21. The van der Waals surface area contributed by atoms with Crippen molar-refractivity contribution in [3.05, 3.63) is 52.5 Å². The average molecular weight is 298 g/mol. The number of hydrogen-bond acceptors (Lipinski definition) is 3. The van der Waals surface area contributed by atoms with E-state index in [1.54, 1.807) is 0 Å². The van der Waals surface area contributed by atoms with Gasteiger partial charge < -0.3 is 5.32 Å². The van der Waals surface area contributed by atoms with Gasteiger partial charge in [-0.2, -0.15) is 0 Å². The minimum absolute atomic E-state index is 0.641. The third kappa shape index (κ3) is 2.45. The number of hydrogen-bond donors (Lipinski definition) is 1. The summed E-state index contributed by atoms with van der Waals surface area (Å²) in [5.41, 5.74) is 4.04. The second-order valence-electron chi connectivity index (χ2n) is 5.10. The van der Waals surface area contributed by atoms with Gasteiger partial charge in [-0.05, 0) is 43.2 Å². The highest BCUT2D eigenvalue weighted by molar-refractivity contribution is 6.33. The molecule has 0 aliphatic carbocycles. The van der Waals surface area contributed by atoms with Crippen LogP contribution in [0.3, 0.4) is 0 Å². The van der Waals surface area contributed by atoms with E-state index in [2.05, 4.69) is 28.3 Å². The molecule has 0 aliphatic heterocycles. The topological polar surface area (TPSA) is 37.8 Å². The molecule has 4 heteroatoms. The normalized spacial score (nSPS) is 10.9. The van der Waals surface area contributed by atoms with Crippen LogP contribution in [0.2, 0.25) is 5.02 Å². The van der Waals surface area contributed by atoms with Crippen LogP contribution in [0.25, 0.3) is 22.3 Å². The van der Waals surface area contributed by atoms with E-state index in [9.17, 15) is 0 Å². The van der Waals surface area contributed by atoms with Crippen LogP contribution < -0.4 is 5.32 Å². The molecule has 21 heavy (non-hydrogen) atoms. The number of nitrogens with zero attached hydrogens (tertiary/aromatic N) is 2. The van der Waals surface area contributed by atoms with Crippen LogP contribution in [-0.4, -0.2) is 17.0 Å². The molecule has 0 atom stereocenters. The molecule has 106 valence electrons. The highest BCUT2D eigenvalue weighted by Gasteiger charge is 2.12. The van der Waals surface area contributed by atoms with E-state index in [4.69, 9.17) is 11.6 Å². The highest BCUT2D eigenvalue weighted by atomic mass is 35.5. The smallest absolute Gasteiger partial charge is 0.163 e. The fraction of sp³-hybridized carbons (Fsp3) is 0.176. The molecule has 0 aliphatic rings. The Morgan fingerprint density at radius 2 is 1.86 bits per heavy atom. The Morgan fingerprint density at radius 1 is 1.05 bits per heavy atom. The lowest BCUT2D eigenvalue weighted by Gasteiger charge is -2.11. The number of benzene rings is 2. The number of fused-ring (bicyclic) bond motifs is 1. The quantitative estimate of drug-likeness (QED) is 0.750. The standard InChI is InChI=1S/C17H16ClN3/c1-10-7-8-12(13(18)9-10)16-20-14-6-4-5-11(2)15(14)17(19-3)21-16/h4-9H,1-3H3,(H,19,20,21). The number of halogens is 1. The van der Waals surface area contributed by atoms with Crippen LogP contribution in [0.4, 0.5) is 5.82 Å². The first-order valence-corrected chi connectivity index (χ1v) is 7.19. The van der Waals surface area contributed by atoms with Crippen LogP contribution in [-0.2, 0) is 0 Å². The Hall–Kier alpha value is -2.13. The van der Waals surface area contributed by atoms with E-state index < -0.39 is 0 Å². The summed E-state index contributed by atoms with van der Waals surface area (Å²) in [6.07, 6.45) is 0. The van der Waals surface area contributed by atoms with Gasteiger partial charge in [0.1, 0.15) is 5.82 Å².